The smallest absolute Gasteiger partial charge is 0.221 e. The maximum atomic E-state index is 14.4. The highest BCUT2D eigenvalue weighted by molar-refractivity contribution is 5.76. The zero-order chi connectivity index (χ0) is 16.8. The van der Waals surface area contributed by atoms with Gasteiger partial charge in [-0.05, 0) is 18.9 Å². The first kappa shape index (κ1) is 17.8. The Labute approximate surface area is 136 Å². The van der Waals surface area contributed by atoms with E-state index in [0.717, 1.165) is 5.56 Å². The number of nitrogens with zero attached hydrogens (tertiary/aromatic N) is 1. The molecule has 0 radical (unpaired) electrons. The molecule has 0 aromatic heterocycles. The molecule has 0 aliphatic carbocycles. The van der Waals surface area contributed by atoms with Gasteiger partial charge in [-0.15, -0.1) is 0 Å². The van der Waals surface area contributed by atoms with Crippen molar-refractivity contribution in [3.05, 3.63) is 35.9 Å². The molecule has 1 aromatic carbocycles. The second-order valence-electron chi connectivity index (χ2n) is 5.88. The monoisotopic (exact) mass is 324 g/mol. The van der Waals surface area contributed by atoms with Gasteiger partial charge in [-0.25, -0.2) is 4.39 Å². The fourth-order valence-electron chi connectivity index (χ4n) is 3.20. The third-order valence-electron chi connectivity index (χ3n) is 4.40. The molecular formula is C17H25FN2O3. The van der Waals surface area contributed by atoms with Crippen LogP contribution in [0.25, 0.3) is 0 Å². The van der Waals surface area contributed by atoms with E-state index in [9.17, 15) is 19.4 Å². The quantitative estimate of drug-likeness (QED) is 0.683. The number of carbonyl (C=O) groups is 1. The molecule has 1 aromatic rings. The summed E-state index contributed by atoms with van der Waals surface area (Å²) in [5.74, 6) is -0.240. The first-order valence-corrected chi connectivity index (χ1v) is 8.07. The van der Waals surface area contributed by atoms with Gasteiger partial charge >= 0.3 is 0 Å². The molecule has 0 saturated carbocycles. The Balaban J connectivity index is 2.07. The van der Waals surface area contributed by atoms with Crippen LogP contribution in [0.1, 0.15) is 18.9 Å². The fourth-order valence-corrected chi connectivity index (χ4v) is 3.20. The van der Waals surface area contributed by atoms with Crippen LogP contribution in [0.4, 0.5) is 4.39 Å². The molecule has 3 N–H and O–H groups in total. The zero-order valence-electron chi connectivity index (χ0n) is 13.4. The highest BCUT2D eigenvalue weighted by atomic mass is 19.1. The summed E-state index contributed by atoms with van der Waals surface area (Å²) in [7, 11) is 0. The van der Waals surface area contributed by atoms with E-state index in [1.54, 1.807) is 11.8 Å². The molecule has 128 valence electrons. The van der Waals surface area contributed by atoms with Crippen molar-refractivity contribution in [1.82, 2.24) is 10.2 Å². The summed E-state index contributed by atoms with van der Waals surface area (Å²) in [5, 5.41) is 22.2. The molecule has 23 heavy (non-hydrogen) atoms. The summed E-state index contributed by atoms with van der Waals surface area (Å²) >= 11 is 0. The van der Waals surface area contributed by atoms with E-state index < -0.39 is 24.4 Å². The lowest BCUT2D eigenvalue weighted by atomic mass is 10.1. The van der Waals surface area contributed by atoms with Crippen LogP contribution in [0, 0.1) is 0 Å². The summed E-state index contributed by atoms with van der Waals surface area (Å²) in [6, 6.07) is 8.36. The number of halogens is 1. The van der Waals surface area contributed by atoms with Crippen molar-refractivity contribution < 1.29 is 19.4 Å². The summed E-state index contributed by atoms with van der Waals surface area (Å²) in [6.45, 7) is 2.44. The summed E-state index contributed by atoms with van der Waals surface area (Å²) in [5.41, 5.74) is 1.10. The SMILES string of the molecule is CCNC(=O)CC1[C@H](F)[C@H](O)[C@@H](CO)N1CCc1ccccc1. The van der Waals surface area contributed by atoms with Crippen LogP contribution in [-0.4, -0.2) is 65.1 Å². The molecule has 1 fully saturated rings. The van der Waals surface area contributed by atoms with Crippen LogP contribution in [0.2, 0.25) is 0 Å². The first-order chi connectivity index (χ1) is 11.1. The molecule has 5 nitrogen and oxygen atoms in total. The lowest BCUT2D eigenvalue weighted by molar-refractivity contribution is -0.122. The molecule has 0 bridgehead atoms. The molecule has 4 atom stereocenters. The Bertz CT molecular complexity index is 500. The average Bonchev–Trinajstić information content (AvgIpc) is 2.78. The Morgan fingerprint density at radius 1 is 1.30 bits per heavy atom. The van der Waals surface area contributed by atoms with Crippen molar-refractivity contribution >= 4 is 5.91 Å². The maximum absolute atomic E-state index is 14.4. The Morgan fingerprint density at radius 3 is 2.61 bits per heavy atom. The maximum Gasteiger partial charge on any atom is 0.221 e. The second kappa shape index (κ2) is 8.38. The van der Waals surface area contributed by atoms with Gasteiger partial charge in [0.2, 0.25) is 5.91 Å². The standard InChI is InChI=1S/C17H25FN2O3/c1-2-19-15(22)10-13-16(18)17(23)14(11-21)20(13)9-8-12-6-4-3-5-7-12/h3-7,13-14,16-17,21,23H,2,8-11H2,1H3,(H,19,22)/t13?,14-,16+,17-/m1/s1. The number of nitrogens with one attached hydrogen (secondary N) is 1. The van der Waals surface area contributed by atoms with Crippen molar-refractivity contribution in [2.45, 2.75) is 44.1 Å². The van der Waals surface area contributed by atoms with Gasteiger partial charge in [-0.1, -0.05) is 30.3 Å². The predicted octanol–water partition coefficient (Wildman–Crippen LogP) is 0.499. The molecule has 1 heterocycles. The third-order valence-corrected chi connectivity index (χ3v) is 4.40. The fraction of sp³-hybridized carbons (Fsp3) is 0.588. The zero-order valence-corrected chi connectivity index (χ0v) is 13.4. The number of alkyl halides is 1. The van der Waals surface area contributed by atoms with Gasteiger partial charge in [0.05, 0.1) is 18.7 Å². The van der Waals surface area contributed by atoms with Crippen LogP contribution < -0.4 is 5.32 Å². The average molecular weight is 324 g/mol. The molecule has 1 amide bonds. The number of benzene rings is 1. The van der Waals surface area contributed by atoms with Crippen molar-refractivity contribution in [3.63, 3.8) is 0 Å². The van der Waals surface area contributed by atoms with Gasteiger partial charge < -0.3 is 15.5 Å². The lowest BCUT2D eigenvalue weighted by Gasteiger charge is -2.29. The predicted molar refractivity (Wildman–Crippen MR) is 85.7 cm³/mol. The molecular weight excluding hydrogens is 299 g/mol. The van der Waals surface area contributed by atoms with Gasteiger partial charge in [0.15, 0.2) is 0 Å². The molecule has 1 saturated heterocycles. The minimum Gasteiger partial charge on any atom is -0.395 e. The van der Waals surface area contributed by atoms with Crippen LogP contribution in [0.15, 0.2) is 30.3 Å². The van der Waals surface area contributed by atoms with E-state index in [4.69, 9.17) is 0 Å². The largest absolute Gasteiger partial charge is 0.395 e. The van der Waals surface area contributed by atoms with Crippen molar-refractivity contribution in [3.8, 4) is 0 Å². The minimum atomic E-state index is -1.54. The van der Waals surface area contributed by atoms with Crippen molar-refractivity contribution in [1.29, 1.82) is 0 Å². The molecule has 1 unspecified atom stereocenters. The Kier molecular flexibility index (Phi) is 6.50. The first-order valence-electron chi connectivity index (χ1n) is 8.07. The van der Waals surface area contributed by atoms with E-state index >= 15 is 0 Å². The number of hydrogen-bond acceptors (Lipinski definition) is 4. The van der Waals surface area contributed by atoms with Crippen molar-refractivity contribution in [2.75, 3.05) is 19.7 Å². The number of amides is 1. The van der Waals surface area contributed by atoms with E-state index in [1.807, 2.05) is 30.3 Å². The lowest BCUT2D eigenvalue weighted by Crippen LogP contribution is -2.44. The third kappa shape index (κ3) is 4.28. The van der Waals surface area contributed by atoms with Crippen molar-refractivity contribution in [2.24, 2.45) is 0 Å². The molecule has 1 aliphatic heterocycles. The molecule has 6 heteroatoms. The Morgan fingerprint density at radius 2 is 2.00 bits per heavy atom. The summed E-state index contributed by atoms with van der Waals surface area (Å²) < 4.78 is 14.4. The van der Waals surface area contributed by atoms with Gasteiger partial charge in [0.25, 0.3) is 0 Å². The minimum absolute atomic E-state index is 0.0165. The van der Waals surface area contributed by atoms with Gasteiger partial charge in [-0.2, -0.15) is 0 Å². The molecule has 1 aliphatic rings. The van der Waals surface area contributed by atoms with E-state index in [1.165, 1.54) is 0 Å². The summed E-state index contributed by atoms with van der Waals surface area (Å²) in [4.78, 5) is 13.6. The number of rotatable bonds is 7. The topological polar surface area (TPSA) is 72.8 Å². The molecule has 2 rings (SSSR count). The van der Waals surface area contributed by atoms with Crippen LogP contribution in [-0.2, 0) is 11.2 Å². The van der Waals surface area contributed by atoms with Gasteiger partial charge in [0.1, 0.15) is 12.3 Å². The van der Waals surface area contributed by atoms with Crippen LogP contribution in [0.3, 0.4) is 0 Å². The van der Waals surface area contributed by atoms with Gasteiger partial charge in [-0.3, -0.25) is 9.69 Å². The van der Waals surface area contributed by atoms with Crippen LogP contribution in [0.5, 0.6) is 0 Å². The van der Waals surface area contributed by atoms with E-state index in [0.29, 0.717) is 19.5 Å². The Hall–Kier alpha value is -1.50. The van der Waals surface area contributed by atoms with Gasteiger partial charge in [0, 0.05) is 19.5 Å². The normalized spacial score (nSPS) is 28.0. The van der Waals surface area contributed by atoms with E-state index in [-0.39, 0.29) is 18.9 Å². The number of hydrogen-bond donors (Lipinski definition) is 3. The number of carbonyl (C=O) groups excluding carboxylic acids is 1. The number of aliphatic hydroxyl groups excluding tert-OH is 2. The molecule has 0 spiro atoms. The highest BCUT2D eigenvalue weighted by Gasteiger charge is 2.48. The summed E-state index contributed by atoms with van der Waals surface area (Å²) in [6.07, 6.45) is -2.15. The van der Waals surface area contributed by atoms with E-state index in [2.05, 4.69) is 5.32 Å². The highest BCUT2D eigenvalue weighted by Crippen LogP contribution is 2.30. The van der Waals surface area contributed by atoms with Crippen LogP contribution >= 0.6 is 0 Å². The second-order valence-corrected chi connectivity index (χ2v) is 5.88. The number of likely N-dealkylation sites (tertiary alicyclic amines) is 1. The number of aliphatic hydroxyl groups is 2.